The van der Waals surface area contributed by atoms with Crippen LogP contribution in [-0.2, 0) is 5.41 Å². The maximum absolute atomic E-state index is 5.14. The van der Waals surface area contributed by atoms with Crippen molar-refractivity contribution in [1.82, 2.24) is 19.9 Å². The fraction of sp³-hybridized carbons (Fsp3) is 0.0508. The SMILES string of the molecule is Cc1nc(-c2cccc(-c3ccccc3)c2)nc(-c2cccc(C3(c4cccc(-c5ccc(-c6cc(-c7ccccc7)ncc6C)cc5)c4)c4ccccc4-c4ccccc43)c2)n1. The lowest BCUT2D eigenvalue weighted by molar-refractivity contribution is 0.769. The van der Waals surface area contributed by atoms with Gasteiger partial charge in [-0.1, -0.05) is 188 Å². The van der Waals surface area contributed by atoms with E-state index in [0.717, 1.165) is 55.8 Å². The van der Waals surface area contributed by atoms with Crippen molar-refractivity contribution in [2.45, 2.75) is 19.3 Å². The molecule has 0 atom stereocenters. The molecule has 0 saturated heterocycles. The van der Waals surface area contributed by atoms with Crippen LogP contribution in [0.15, 0.2) is 219 Å². The molecule has 0 unspecified atom stereocenters. The molecule has 298 valence electrons. The summed E-state index contributed by atoms with van der Waals surface area (Å²) in [5.41, 5.74) is 18.8. The second kappa shape index (κ2) is 15.7. The number of nitrogens with zero attached hydrogens (tertiary/aromatic N) is 4. The van der Waals surface area contributed by atoms with Crippen molar-refractivity contribution in [1.29, 1.82) is 0 Å². The number of aryl methyl sites for hydroxylation is 2. The zero-order valence-corrected chi connectivity index (χ0v) is 35.1. The van der Waals surface area contributed by atoms with Gasteiger partial charge in [0.05, 0.1) is 11.1 Å². The Hall–Kier alpha value is -8.08. The number of pyridine rings is 1. The van der Waals surface area contributed by atoms with Crippen LogP contribution in [0.5, 0.6) is 0 Å². The van der Waals surface area contributed by atoms with E-state index in [-0.39, 0.29) is 0 Å². The van der Waals surface area contributed by atoms with Crippen molar-refractivity contribution >= 4 is 0 Å². The molecule has 4 nitrogen and oxygen atoms in total. The molecule has 2 aromatic heterocycles. The van der Waals surface area contributed by atoms with Crippen LogP contribution < -0.4 is 0 Å². The van der Waals surface area contributed by atoms with Crippen molar-refractivity contribution < 1.29 is 0 Å². The first kappa shape index (κ1) is 37.9. The molecule has 1 aliphatic carbocycles. The van der Waals surface area contributed by atoms with E-state index in [1.165, 1.54) is 38.9 Å². The number of rotatable bonds is 8. The highest BCUT2D eigenvalue weighted by atomic mass is 15.0. The van der Waals surface area contributed by atoms with Gasteiger partial charge in [-0.15, -0.1) is 0 Å². The fourth-order valence-electron chi connectivity index (χ4n) is 9.50. The first-order valence-electron chi connectivity index (χ1n) is 21.5. The lowest BCUT2D eigenvalue weighted by atomic mass is 9.67. The Bertz CT molecular complexity index is 3260. The van der Waals surface area contributed by atoms with Crippen LogP contribution in [0.1, 0.15) is 33.6 Å². The molecule has 2 heterocycles. The zero-order chi connectivity index (χ0) is 42.3. The maximum Gasteiger partial charge on any atom is 0.163 e. The van der Waals surface area contributed by atoms with E-state index in [9.17, 15) is 0 Å². The number of fused-ring (bicyclic) bond motifs is 3. The van der Waals surface area contributed by atoms with E-state index in [0.29, 0.717) is 17.5 Å². The van der Waals surface area contributed by atoms with Crippen molar-refractivity contribution in [2.75, 3.05) is 0 Å². The van der Waals surface area contributed by atoms with E-state index >= 15 is 0 Å². The summed E-state index contributed by atoms with van der Waals surface area (Å²) in [5, 5.41) is 0. The Labute approximate surface area is 368 Å². The number of benzene rings is 8. The zero-order valence-electron chi connectivity index (χ0n) is 35.1. The van der Waals surface area contributed by atoms with E-state index in [1.54, 1.807) is 0 Å². The largest absolute Gasteiger partial charge is 0.256 e. The molecule has 0 aliphatic heterocycles. The normalized spacial score (nSPS) is 12.4. The van der Waals surface area contributed by atoms with E-state index in [1.807, 2.05) is 25.3 Å². The van der Waals surface area contributed by atoms with Gasteiger partial charge in [-0.05, 0) is 110 Å². The minimum absolute atomic E-state index is 0.615. The Kier molecular flexibility index (Phi) is 9.47. The van der Waals surface area contributed by atoms with E-state index < -0.39 is 5.41 Å². The molecule has 8 aromatic carbocycles. The van der Waals surface area contributed by atoms with Crippen LogP contribution in [0.3, 0.4) is 0 Å². The van der Waals surface area contributed by atoms with Gasteiger partial charge in [-0.2, -0.15) is 0 Å². The van der Waals surface area contributed by atoms with E-state index in [4.69, 9.17) is 19.9 Å². The van der Waals surface area contributed by atoms with Crippen LogP contribution in [0.25, 0.3) is 78.5 Å². The highest BCUT2D eigenvalue weighted by Crippen LogP contribution is 2.56. The Morgan fingerprint density at radius 2 is 0.794 bits per heavy atom. The van der Waals surface area contributed by atoms with Crippen molar-refractivity contribution in [3.8, 4) is 78.5 Å². The van der Waals surface area contributed by atoms with Crippen LogP contribution in [0.2, 0.25) is 0 Å². The summed E-state index contributed by atoms with van der Waals surface area (Å²) in [5.74, 6) is 1.97. The lowest BCUT2D eigenvalue weighted by Gasteiger charge is -2.34. The molecule has 0 radical (unpaired) electrons. The predicted molar refractivity (Wildman–Crippen MR) is 257 cm³/mol. The van der Waals surface area contributed by atoms with Gasteiger partial charge in [0.1, 0.15) is 5.82 Å². The Morgan fingerprint density at radius 1 is 0.333 bits per heavy atom. The maximum atomic E-state index is 5.14. The lowest BCUT2D eigenvalue weighted by Crippen LogP contribution is -2.28. The highest BCUT2D eigenvalue weighted by molar-refractivity contribution is 5.87. The third-order valence-corrected chi connectivity index (χ3v) is 12.5. The van der Waals surface area contributed by atoms with Crippen LogP contribution >= 0.6 is 0 Å². The molecule has 0 N–H and O–H groups in total. The topological polar surface area (TPSA) is 51.6 Å². The molecule has 10 aromatic rings. The first-order chi connectivity index (χ1) is 31.0. The van der Waals surface area contributed by atoms with Gasteiger partial charge in [0.25, 0.3) is 0 Å². The van der Waals surface area contributed by atoms with Gasteiger partial charge in [-0.25, -0.2) is 15.0 Å². The second-order valence-electron chi connectivity index (χ2n) is 16.3. The molecule has 0 fully saturated rings. The smallest absolute Gasteiger partial charge is 0.163 e. The van der Waals surface area contributed by atoms with Crippen molar-refractivity contribution in [3.63, 3.8) is 0 Å². The minimum atomic E-state index is -0.615. The summed E-state index contributed by atoms with van der Waals surface area (Å²) in [7, 11) is 0. The van der Waals surface area contributed by atoms with Gasteiger partial charge in [0, 0.05) is 22.9 Å². The monoisotopic (exact) mass is 806 g/mol. The van der Waals surface area contributed by atoms with Crippen LogP contribution in [0, 0.1) is 13.8 Å². The molecule has 11 rings (SSSR count). The van der Waals surface area contributed by atoms with Gasteiger partial charge < -0.3 is 0 Å². The molecule has 0 spiro atoms. The summed E-state index contributed by atoms with van der Waals surface area (Å²) >= 11 is 0. The fourth-order valence-corrected chi connectivity index (χ4v) is 9.50. The molecule has 4 heteroatoms. The third-order valence-electron chi connectivity index (χ3n) is 12.5. The van der Waals surface area contributed by atoms with Gasteiger partial charge in [0.2, 0.25) is 0 Å². The van der Waals surface area contributed by atoms with Crippen molar-refractivity contribution in [3.05, 3.63) is 252 Å². The quantitative estimate of drug-likeness (QED) is 0.153. The average molecular weight is 807 g/mol. The summed E-state index contributed by atoms with van der Waals surface area (Å²) in [6.07, 6.45) is 1.98. The molecule has 0 saturated carbocycles. The first-order valence-corrected chi connectivity index (χ1v) is 21.5. The van der Waals surface area contributed by atoms with Gasteiger partial charge in [-0.3, -0.25) is 4.98 Å². The molecule has 0 bridgehead atoms. The Morgan fingerprint density at radius 3 is 1.43 bits per heavy atom. The number of hydrogen-bond donors (Lipinski definition) is 0. The number of aromatic nitrogens is 4. The van der Waals surface area contributed by atoms with E-state index in [2.05, 4.69) is 207 Å². The van der Waals surface area contributed by atoms with Gasteiger partial charge >= 0.3 is 0 Å². The summed E-state index contributed by atoms with van der Waals surface area (Å²) < 4.78 is 0. The van der Waals surface area contributed by atoms with Crippen LogP contribution in [-0.4, -0.2) is 19.9 Å². The molecular weight excluding hydrogens is 765 g/mol. The average Bonchev–Trinajstić information content (AvgIpc) is 3.66. The highest BCUT2D eigenvalue weighted by Gasteiger charge is 2.46. The summed E-state index contributed by atoms with van der Waals surface area (Å²) in [4.78, 5) is 19.7. The number of hydrogen-bond acceptors (Lipinski definition) is 4. The molecule has 1 aliphatic rings. The standard InChI is InChI=1S/C59H42N4/c1-39-38-60-56(44-18-7-4-8-19-44)37-53(39)43-32-30-42(31-33-43)46-21-14-24-49(35-46)59(54-28-11-9-26-51(54)52-27-10-12-29-55(52)59)50-25-15-23-48(36-50)58-62-40(2)61-57(63-58)47-22-13-20-45(34-47)41-16-5-3-6-17-41/h3-38H,1-2H3. The molecular formula is C59H42N4. The third kappa shape index (κ3) is 6.73. The summed E-state index contributed by atoms with van der Waals surface area (Å²) in [6.45, 7) is 4.08. The summed E-state index contributed by atoms with van der Waals surface area (Å²) in [6, 6.07) is 76.1. The Balaban J connectivity index is 1.02. The predicted octanol–water partition coefficient (Wildman–Crippen LogP) is 14.2. The second-order valence-corrected chi connectivity index (χ2v) is 16.3. The van der Waals surface area contributed by atoms with Gasteiger partial charge in [0.15, 0.2) is 11.6 Å². The molecule has 63 heavy (non-hydrogen) atoms. The van der Waals surface area contributed by atoms with Crippen molar-refractivity contribution in [2.24, 2.45) is 0 Å². The molecule has 0 amide bonds. The minimum Gasteiger partial charge on any atom is -0.256 e. The van der Waals surface area contributed by atoms with Crippen LogP contribution in [0.4, 0.5) is 0 Å².